The lowest BCUT2D eigenvalue weighted by molar-refractivity contribution is -0.173. The number of carbonyl (C=O) groups excluding carboxylic acids is 1. The SMILES string of the molecule is CCOc1ccccc1NC(=S)NNC(=O)c1cnn2c1N[C@H](C)C[C@@H]2C(F)(F)F. The lowest BCUT2D eigenvalue weighted by atomic mass is 10.1. The first-order valence-electron chi connectivity index (χ1n) is 9.20. The average molecular weight is 442 g/mol. The molecule has 162 valence electrons. The predicted molar refractivity (Wildman–Crippen MR) is 109 cm³/mol. The minimum Gasteiger partial charge on any atom is -0.492 e. The molecule has 0 aliphatic carbocycles. The Morgan fingerprint density at radius 3 is 2.80 bits per heavy atom. The molecule has 2 aromatic rings. The number of ether oxygens (including phenoxy) is 1. The maximum Gasteiger partial charge on any atom is 0.410 e. The number of aromatic nitrogens is 2. The Kier molecular flexibility index (Phi) is 6.34. The van der Waals surface area contributed by atoms with Crippen LogP contribution in [0, 0.1) is 0 Å². The summed E-state index contributed by atoms with van der Waals surface area (Å²) in [5, 5.41) is 9.62. The Morgan fingerprint density at radius 1 is 1.37 bits per heavy atom. The molecule has 0 saturated heterocycles. The van der Waals surface area contributed by atoms with Crippen molar-refractivity contribution < 1.29 is 22.7 Å². The zero-order chi connectivity index (χ0) is 21.9. The molecule has 0 spiro atoms. The summed E-state index contributed by atoms with van der Waals surface area (Å²) in [6.07, 6.45) is -3.55. The van der Waals surface area contributed by atoms with E-state index in [1.54, 1.807) is 31.2 Å². The summed E-state index contributed by atoms with van der Waals surface area (Å²) >= 11 is 5.16. The molecule has 3 rings (SSSR count). The van der Waals surface area contributed by atoms with E-state index in [4.69, 9.17) is 17.0 Å². The summed E-state index contributed by atoms with van der Waals surface area (Å²) in [6.45, 7) is 3.93. The van der Waals surface area contributed by atoms with Gasteiger partial charge >= 0.3 is 6.18 Å². The van der Waals surface area contributed by atoms with Crippen molar-refractivity contribution >= 4 is 34.7 Å². The van der Waals surface area contributed by atoms with Gasteiger partial charge in [-0.05, 0) is 44.6 Å². The van der Waals surface area contributed by atoms with Crippen molar-refractivity contribution in [3.63, 3.8) is 0 Å². The van der Waals surface area contributed by atoms with Crippen LogP contribution in [0.4, 0.5) is 24.7 Å². The molecule has 12 heteroatoms. The standard InChI is InChI=1S/C18H21F3N6O2S/c1-3-29-13-7-5-4-6-12(13)24-17(30)26-25-16(28)11-9-22-27-14(18(19,20)21)8-10(2)23-15(11)27/h4-7,9-10,14,23H,3,8H2,1-2H3,(H,25,28)(H2,24,26,30)/t10-,14-/m1/s1. The van der Waals surface area contributed by atoms with Gasteiger partial charge in [-0.25, -0.2) is 4.68 Å². The van der Waals surface area contributed by atoms with Crippen molar-refractivity contribution in [3.05, 3.63) is 36.0 Å². The van der Waals surface area contributed by atoms with Gasteiger partial charge in [0.2, 0.25) is 0 Å². The van der Waals surface area contributed by atoms with Gasteiger partial charge in [0.25, 0.3) is 5.91 Å². The fourth-order valence-corrected chi connectivity index (χ4v) is 3.25. The summed E-state index contributed by atoms with van der Waals surface area (Å²) in [4.78, 5) is 12.5. The fourth-order valence-electron chi connectivity index (χ4n) is 3.09. The van der Waals surface area contributed by atoms with Crippen LogP contribution in [0.25, 0.3) is 0 Å². The van der Waals surface area contributed by atoms with E-state index in [9.17, 15) is 18.0 Å². The number of nitrogens with one attached hydrogen (secondary N) is 4. The van der Waals surface area contributed by atoms with Crippen LogP contribution in [0.5, 0.6) is 5.75 Å². The maximum atomic E-state index is 13.3. The number of amides is 1. The molecule has 0 bridgehead atoms. The smallest absolute Gasteiger partial charge is 0.410 e. The molecule has 1 aliphatic rings. The summed E-state index contributed by atoms with van der Waals surface area (Å²) in [5.41, 5.74) is 5.46. The van der Waals surface area contributed by atoms with E-state index in [1.807, 2.05) is 6.92 Å². The lowest BCUT2D eigenvalue weighted by Gasteiger charge is -2.31. The molecule has 1 aliphatic heterocycles. The van der Waals surface area contributed by atoms with Gasteiger partial charge < -0.3 is 15.4 Å². The molecule has 2 heterocycles. The largest absolute Gasteiger partial charge is 0.492 e. The average Bonchev–Trinajstić information content (AvgIpc) is 3.10. The Bertz CT molecular complexity index is 933. The van der Waals surface area contributed by atoms with Gasteiger partial charge in [-0.3, -0.25) is 15.6 Å². The molecule has 30 heavy (non-hydrogen) atoms. The first-order chi connectivity index (χ1) is 14.2. The monoisotopic (exact) mass is 442 g/mol. The number of anilines is 2. The number of hydrazine groups is 1. The summed E-state index contributed by atoms with van der Waals surface area (Å²) in [5.74, 6) is -0.0884. The quantitative estimate of drug-likeness (QED) is 0.427. The number of para-hydroxylation sites is 2. The van der Waals surface area contributed by atoms with E-state index in [1.165, 1.54) is 0 Å². The molecular weight excluding hydrogens is 421 g/mol. The predicted octanol–water partition coefficient (Wildman–Crippen LogP) is 3.22. The van der Waals surface area contributed by atoms with Gasteiger partial charge in [0.15, 0.2) is 11.2 Å². The molecule has 2 atom stereocenters. The van der Waals surface area contributed by atoms with Crippen LogP contribution in [0.15, 0.2) is 30.5 Å². The van der Waals surface area contributed by atoms with Gasteiger partial charge in [0.05, 0.1) is 18.5 Å². The van der Waals surface area contributed by atoms with Crippen molar-refractivity contribution in [2.24, 2.45) is 0 Å². The summed E-state index contributed by atoms with van der Waals surface area (Å²) < 4.78 is 46.2. The molecule has 0 radical (unpaired) electrons. The number of benzene rings is 1. The van der Waals surface area contributed by atoms with Gasteiger partial charge in [0.1, 0.15) is 17.1 Å². The van der Waals surface area contributed by atoms with E-state index in [0.717, 1.165) is 10.9 Å². The highest BCUT2D eigenvalue weighted by Crippen LogP contribution is 2.40. The number of rotatable bonds is 4. The van der Waals surface area contributed by atoms with Crippen molar-refractivity contribution in [1.82, 2.24) is 20.6 Å². The molecule has 8 nitrogen and oxygen atoms in total. The number of hydrogen-bond acceptors (Lipinski definition) is 5. The van der Waals surface area contributed by atoms with Crippen LogP contribution in [0.2, 0.25) is 0 Å². The second kappa shape index (κ2) is 8.78. The van der Waals surface area contributed by atoms with Crippen molar-refractivity contribution in [2.75, 3.05) is 17.2 Å². The minimum atomic E-state index is -4.47. The highest BCUT2D eigenvalue weighted by molar-refractivity contribution is 7.80. The van der Waals surface area contributed by atoms with Crippen LogP contribution in [0.1, 0.15) is 36.7 Å². The number of fused-ring (bicyclic) bond motifs is 1. The third kappa shape index (κ3) is 4.75. The topological polar surface area (TPSA) is 92.2 Å². The third-order valence-corrected chi connectivity index (χ3v) is 4.60. The van der Waals surface area contributed by atoms with Crippen molar-refractivity contribution in [3.8, 4) is 5.75 Å². The molecule has 0 unspecified atom stereocenters. The van der Waals surface area contributed by atoms with Crippen LogP contribution in [-0.4, -0.2) is 39.6 Å². The van der Waals surface area contributed by atoms with Gasteiger partial charge in [0, 0.05) is 6.04 Å². The van der Waals surface area contributed by atoms with Crippen molar-refractivity contribution in [1.29, 1.82) is 0 Å². The Labute approximate surface area is 176 Å². The molecule has 1 amide bonds. The Hall–Kier alpha value is -3.02. The van der Waals surface area contributed by atoms with E-state index < -0.39 is 24.2 Å². The second-order valence-corrected chi connectivity index (χ2v) is 7.06. The van der Waals surface area contributed by atoms with Gasteiger partial charge in [-0.2, -0.15) is 18.3 Å². The summed E-state index contributed by atoms with van der Waals surface area (Å²) in [7, 11) is 0. The number of nitrogens with zero attached hydrogens (tertiary/aromatic N) is 2. The number of thiocarbonyl (C=S) groups is 1. The van der Waals surface area contributed by atoms with E-state index >= 15 is 0 Å². The highest BCUT2D eigenvalue weighted by atomic mass is 32.1. The minimum absolute atomic E-state index is 0.0101. The van der Waals surface area contributed by atoms with Crippen LogP contribution >= 0.6 is 12.2 Å². The normalized spacial score (nSPS) is 18.0. The maximum absolute atomic E-state index is 13.3. The third-order valence-electron chi connectivity index (χ3n) is 4.40. The van der Waals surface area contributed by atoms with E-state index in [0.29, 0.717) is 18.0 Å². The summed E-state index contributed by atoms with van der Waals surface area (Å²) in [6, 6.07) is 4.83. The first kappa shape index (κ1) is 21.7. The second-order valence-electron chi connectivity index (χ2n) is 6.65. The van der Waals surface area contributed by atoms with Crippen LogP contribution in [0.3, 0.4) is 0 Å². The first-order valence-corrected chi connectivity index (χ1v) is 9.61. The highest BCUT2D eigenvalue weighted by Gasteiger charge is 2.46. The van der Waals surface area contributed by atoms with Crippen LogP contribution in [-0.2, 0) is 0 Å². The number of halogens is 3. The zero-order valence-corrected chi connectivity index (χ0v) is 17.0. The van der Waals surface area contributed by atoms with E-state index in [2.05, 4.69) is 26.6 Å². The molecular formula is C18H21F3N6O2S. The zero-order valence-electron chi connectivity index (χ0n) is 16.2. The van der Waals surface area contributed by atoms with Gasteiger partial charge in [-0.15, -0.1) is 0 Å². The number of alkyl halides is 3. The molecule has 0 saturated carbocycles. The molecule has 0 fully saturated rings. The number of carbonyl (C=O) groups is 1. The van der Waals surface area contributed by atoms with Crippen LogP contribution < -0.4 is 26.2 Å². The molecule has 1 aromatic carbocycles. The van der Waals surface area contributed by atoms with Crippen molar-refractivity contribution in [2.45, 2.75) is 38.5 Å². The Morgan fingerprint density at radius 2 is 2.10 bits per heavy atom. The lowest BCUT2D eigenvalue weighted by Crippen LogP contribution is -2.44. The Balaban J connectivity index is 1.67. The van der Waals surface area contributed by atoms with Gasteiger partial charge in [-0.1, -0.05) is 12.1 Å². The molecule has 4 N–H and O–H groups in total. The van der Waals surface area contributed by atoms with E-state index in [-0.39, 0.29) is 22.9 Å². The molecule has 1 aromatic heterocycles. The fraction of sp³-hybridized carbons (Fsp3) is 0.389. The number of hydrogen-bond donors (Lipinski definition) is 4.